The Hall–Kier alpha value is -0.830. The highest BCUT2D eigenvalue weighted by atomic mass is 16.4. The number of carboxylic acid groups (broad SMARTS) is 1. The molecule has 0 amide bonds. The van der Waals surface area contributed by atoms with Crippen molar-refractivity contribution >= 4 is 5.97 Å². The van der Waals surface area contributed by atoms with Crippen LogP contribution in [-0.4, -0.2) is 22.8 Å². The fraction of sp³-hybridized carbons (Fsp3) is 0.500. The van der Waals surface area contributed by atoms with Crippen molar-refractivity contribution in [1.29, 1.82) is 0 Å². The summed E-state index contributed by atoms with van der Waals surface area (Å²) >= 11 is 0. The zero-order valence-electron chi connectivity index (χ0n) is 5.29. The first-order valence-corrected chi connectivity index (χ1v) is 2.75. The van der Waals surface area contributed by atoms with Crippen LogP contribution in [0.2, 0.25) is 0 Å². The van der Waals surface area contributed by atoms with Crippen LogP contribution in [0.25, 0.3) is 0 Å². The standard InChI is InChI=1S/C6H10O3/c1-2-5(3-4-7)6(8)9/h3,7H,2,4H2,1H3,(H,8,9). The molecule has 9 heavy (non-hydrogen) atoms. The number of rotatable bonds is 3. The molecule has 0 bridgehead atoms. The van der Waals surface area contributed by atoms with Gasteiger partial charge in [-0.15, -0.1) is 0 Å². The van der Waals surface area contributed by atoms with Gasteiger partial charge in [-0.05, 0) is 12.5 Å². The number of carboxylic acids is 1. The predicted octanol–water partition coefficient (Wildman–Crippen LogP) is 0.400. The van der Waals surface area contributed by atoms with Crippen molar-refractivity contribution in [2.75, 3.05) is 6.61 Å². The highest BCUT2D eigenvalue weighted by molar-refractivity contribution is 5.86. The van der Waals surface area contributed by atoms with Crippen LogP contribution >= 0.6 is 0 Å². The number of hydrogen-bond acceptors (Lipinski definition) is 2. The van der Waals surface area contributed by atoms with Gasteiger partial charge in [0.15, 0.2) is 0 Å². The van der Waals surface area contributed by atoms with E-state index >= 15 is 0 Å². The van der Waals surface area contributed by atoms with Gasteiger partial charge in [-0.2, -0.15) is 0 Å². The van der Waals surface area contributed by atoms with Crippen molar-refractivity contribution in [1.82, 2.24) is 0 Å². The third kappa shape index (κ3) is 2.87. The van der Waals surface area contributed by atoms with Crippen molar-refractivity contribution in [3.63, 3.8) is 0 Å². The van der Waals surface area contributed by atoms with E-state index in [4.69, 9.17) is 10.2 Å². The molecule has 0 spiro atoms. The molecule has 0 aliphatic carbocycles. The van der Waals surface area contributed by atoms with Gasteiger partial charge in [0, 0.05) is 5.57 Å². The smallest absolute Gasteiger partial charge is 0.331 e. The van der Waals surface area contributed by atoms with E-state index in [1.165, 1.54) is 6.08 Å². The molecule has 0 aromatic carbocycles. The van der Waals surface area contributed by atoms with E-state index in [0.29, 0.717) is 6.42 Å². The minimum Gasteiger partial charge on any atom is -0.478 e. The maximum atomic E-state index is 10.1. The van der Waals surface area contributed by atoms with E-state index in [1.807, 2.05) is 0 Å². The summed E-state index contributed by atoms with van der Waals surface area (Å²) in [5.41, 5.74) is 0.262. The quantitative estimate of drug-likeness (QED) is 0.543. The maximum Gasteiger partial charge on any atom is 0.331 e. The summed E-state index contributed by atoms with van der Waals surface area (Å²) in [6.45, 7) is 1.53. The Bertz CT molecular complexity index is 126. The van der Waals surface area contributed by atoms with Crippen LogP contribution in [0.1, 0.15) is 13.3 Å². The summed E-state index contributed by atoms with van der Waals surface area (Å²) in [6, 6.07) is 0. The molecule has 0 heterocycles. The van der Waals surface area contributed by atoms with Crippen LogP contribution in [0.4, 0.5) is 0 Å². The molecule has 3 nitrogen and oxygen atoms in total. The molecule has 0 saturated carbocycles. The Labute approximate surface area is 53.6 Å². The number of carbonyl (C=O) groups is 1. The fourth-order valence-electron chi connectivity index (χ4n) is 0.493. The van der Waals surface area contributed by atoms with Crippen molar-refractivity contribution in [3.8, 4) is 0 Å². The number of aliphatic hydroxyl groups excluding tert-OH is 1. The Morgan fingerprint density at radius 2 is 2.22 bits per heavy atom. The van der Waals surface area contributed by atoms with E-state index in [1.54, 1.807) is 6.92 Å². The molecule has 0 fully saturated rings. The van der Waals surface area contributed by atoms with Gasteiger partial charge in [0.05, 0.1) is 6.61 Å². The molecule has 2 N–H and O–H groups in total. The van der Waals surface area contributed by atoms with Gasteiger partial charge in [-0.25, -0.2) is 4.79 Å². The molecule has 0 radical (unpaired) electrons. The third-order valence-corrected chi connectivity index (χ3v) is 0.993. The monoisotopic (exact) mass is 130 g/mol. The lowest BCUT2D eigenvalue weighted by Crippen LogP contribution is -1.99. The molecular formula is C6H10O3. The molecule has 0 aliphatic rings. The van der Waals surface area contributed by atoms with Gasteiger partial charge in [0.2, 0.25) is 0 Å². The van der Waals surface area contributed by atoms with Crippen LogP contribution in [-0.2, 0) is 4.79 Å². The van der Waals surface area contributed by atoms with E-state index in [9.17, 15) is 4.79 Å². The largest absolute Gasteiger partial charge is 0.478 e. The molecule has 0 unspecified atom stereocenters. The third-order valence-electron chi connectivity index (χ3n) is 0.993. The zero-order chi connectivity index (χ0) is 7.28. The molecule has 0 atom stereocenters. The molecule has 0 aromatic rings. The predicted molar refractivity (Wildman–Crippen MR) is 33.1 cm³/mol. The van der Waals surface area contributed by atoms with Crippen LogP contribution in [0.15, 0.2) is 11.6 Å². The first-order valence-electron chi connectivity index (χ1n) is 2.75. The van der Waals surface area contributed by atoms with Gasteiger partial charge in [-0.1, -0.05) is 6.92 Å². The molecule has 52 valence electrons. The molecule has 0 aromatic heterocycles. The van der Waals surface area contributed by atoms with Crippen molar-refractivity contribution in [2.45, 2.75) is 13.3 Å². The summed E-state index contributed by atoms with van der Waals surface area (Å²) in [4.78, 5) is 10.1. The molecule has 0 rings (SSSR count). The van der Waals surface area contributed by atoms with Crippen LogP contribution in [0.3, 0.4) is 0 Å². The lowest BCUT2D eigenvalue weighted by atomic mass is 10.2. The van der Waals surface area contributed by atoms with E-state index in [0.717, 1.165) is 0 Å². The fourth-order valence-corrected chi connectivity index (χ4v) is 0.493. The minimum atomic E-state index is -0.952. The molecular weight excluding hydrogens is 120 g/mol. The lowest BCUT2D eigenvalue weighted by Gasteiger charge is -1.93. The highest BCUT2D eigenvalue weighted by Gasteiger charge is 2.00. The van der Waals surface area contributed by atoms with Crippen molar-refractivity contribution in [2.24, 2.45) is 0 Å². The van der Waals surface area contributed by atoms with E-state index in [2.05, 4.69) is 0 Å². The summed E-state index contributed by atoms with van der Waals surface area (Å²) in [7, 11) is 0. The Morgan fingerprint density at radius 1 is 1.67 bits per heavy atom. The number of hydrogen-bond donors (Lipinski definition) is 2. The first-order chi connectivity index (χ1) is 4.22. The SMILES string of the molecule is CCC(=CCO)C(=O)O. The Balaban J connectivity index is 3.98. The van der Waals surface area contributed by atoms with Gasteiger partial charge < -0.3 is 10.2 Å². The molecule has 0 saturated heterocycles. The summed E-state index contributed by atoms with van der Waals surface area (Å²) in [6.07, 6.45) is 1.75. The Kier molecular flexibility index (Phi) is 3.71. The molecule has 3 heteroatoms. The lowest BCUT2D eigenvalue weighted by molar-refractivity contribution is -0.132. The zero-order valence-corrected chi connectivity index (χ0v) is 5.29. The van der Waals surface area contributed by atoms with Crippen molar-refractivity contribution in [3.05, 3.63) is 11.6 Å². The number of aliphatic carboxylic acids is 1. The summed E-state index contributed by atoms with van der Waals surface area (Å²) < 4.78 is 0. The van der Waals surface area contributed by atoms with Gasteiger partial charge in [0.1, 0.15) is 0 Å². The maximum absolute atomic E-state index is 10.1. The average Bonchev–Trinajstić information content (AvgIpc) is 1.82. The average molecular weight is 130 g/mol. The summed E-state index contributed by atoms with van der Waals surface area (Å²) in [5, 5.41) is 16.6. The topological polar surface area (TPSA) is 57.5 Å². The minimum absolute atomic E-state index is 0.199. The van der Waals surface area contributed by atoms with Gasteiger partial charge in [0.25, 0.3) is 0 Å². The van der Waals surface area contributed by atoms with E-state index < -0.39 is 5.97 Å². The first kappa shape index (κ1) is 8.17. The second-order valence-corrected chi connectivity index (χ2v) is 1.57. The normalized spacial score (nSPS) is 11.6. The van der Waals surface area contributed by atoms with Crippen LogP contribution < -0.4 is 0 Å². The number of aliphatic hydroxyl groups is 1. The van der Waals surface area contributed by atoms with Gasteiger partial charge in [-0.3, -0.25) is 0 Å². The van der Waals surface area contributed by atoms with E-state index in [-0.39, 0.29) is 12.2 Å². The summed E-state index contributed by atoms with van der Waals surface area (Å²) in [5.74, 6) is -0.952. The van der Waals surface area contributed by atoms with Crippen LogP contribution in [0.5, 0.6) is 0 Å². The van der Waals surface area contributed by atoms with Crippen LogP contribution in [0, 0.1) is 0 Å². The Morgan fingerprint density at radius 3 is 2.33 bits per heavy atom. The second-order valence-electron chi connectivity index (χ2n) is 1.57. The second kappa shape index (κ2) is 4.09. The highest BCUT2D eigenvalue weighted by Crippen LogP contribution is 1.98. The molecule has 0 aliphatic heterocycles. The van der Waals surface area contributed by atoms with Crippen molar-refractivity contribution < 1.29 is 15.0 Å². The van der Waals surface area contributed by atoms with Gasteiger partial charge >= 0.3 is 5.97 Å².